The van der Waals surface area contributed by atoms with Crippen molar-refractivity contribution in [3.05, 3.63) is 68.1 Å². The van der Waals surface area contributed by atoms with Gasteiger partial charge in [-0.2, -0.15) is 28.2 Å². The summed E-state index contributed by atoms with van der Waals surface area (Å²) in [6.07, 6.45) is -2.88. The van der Waals surface area contributed by atoms with E-state index in [9.17, 15) is 22.4 Å². The van der Waals surface area contributed by atoms with E-state index >= 15 is 4.39 Å². The van der Waals surface area contributed by atoms with Crippen molar-refractivity contribution in [1.82, 2.24) is 29.5 Å². The van der Waals surface area contributed by atoms with Crippen molar-refractivity contribution >= 4 is 29.0 Å². The van der Waals surface area contributed by atoms with Gasteiger partial charge in [0, 0.05) is 45.7 Å². The average molecular weight is 761 g/mol. The largest absolute Gasteiger partial charge is 0.461 e. The van der Waals surface area contributed by atoms with E-state index in [0.29, 0.717) is 67.1 Å². The Morgan fingerprint density at radius 2 is 2.02 bits per heavy atom. The van der Waals surface area contributed by atoms with Crippen LogP contribution in [-0.2, 0) is 37.0 Å². The molecule has 282 valence electrons. The number of ether oxygens (including phenoxy) is 2. The van der Waals surface area contributed by atoms with Crippen LogP contribution in [0.25, 0.3) is 0 Å². The molecule has 0 bridgehead atoms. The number of carbonyl (C=O) groups excluding carboxylic acids is 1. The van der Waals surface area contributed by atoms with Crippen LogP contribution >= 0.6 is 11.6 Å². The van der Waals surface area contributed by atoms with Gasteiger partial charge in [0.2, 0.25) is 0 Å². The molecule has 6 heterocycles. The van der Waals surface area contributed by atoms with E-state index < -0.39 is 40.5 Å². The molecule has 0 saturated carbocycles. The fraction of sp³-hybridized carbons (Fsp3) is 0.500. The molecule has 3 aromatic rings. The van der Waals surface area contributed by atoms with E-state index in [2.05, 4.69) is 21.8 Å². The molecule has 53 heavy (non-hydrogen) atoms. The third-order valence-corrected chi connectivity index (χ3v) is 10.8. The van der Waals surface area contributed by atoms with Gasteiger partial charge in [0.25, 0.3) is 5.91 Å². The number of fused-ring (bicyclic) bond motifs is 3. The van der Waals surface area contributed by atoms with Crippen molar-refractivity contribution in [2.75, 3.05) is 51.0 Å². The number of aromatic nitrogens is 4. The number of anilines is 2. The highest BCUT2D eigenvalue weighted by Gasteiger charge is 2.47. The monoisotopic (exact) mass is 760 g/mol. The van der Waals surface area contributed by atoms with Crippen molar-refractivity contribution in [3.63, 3.8) is 0 Å². The van der Waals surface area contributed by atoms with Gasteiger partial charge in [-0.25, -0.2) is 8.78 Å². The Balaban J connectivity index is 1.29. The number of nitrogen functional groups attached to an aromatic ring is 1. The molecule has 17 heteroatoms. The Hall–Kier alpha value is -4.46. The highest BCUT2D eigenvalue weighted by Crippen LogP contribution is 2.45. The zero-order valence-electron chi connectivity index (χ0n) is 29.4. The smallest absolute Gasteiger partial charge is 0.418 e. The van der Waals surface area contributed by atoms with Crippen molar-refractivity contribution in [3.8, 4) is 17.9 Å². The normalized spacial score (nSPS) is 22.2. The lowest BCUT2D eigenvalue weighted by atomic mass is 9.91. The second kappa shape index (κ2) is 14.1. The van der Waals surface area contributed by atoms with E-state index in [-0.39, 0.29) is 54.4 Å². The topological polar surface area (TPSA) is 115 Å². The quantitative estimate of drug-likeness (QED) is 0.188. The summed E-state index contributed by atoms with van der Waals surface area (Å²) >= 11 is 6.76. The van der Waals surface area contributed by atoms with Gasteiger partial charge in [-0.3, -0.25) is 14.4 Å². The molecule has 4 aliphatic heterocycles. The molecule has 0 aliphatic carbocycles. The zero-order chi connectivity index (χ0) is 37.8. The van der Waals surface area contributed by atoms with Crippen LogP contribution in [0.15, 0.2) is 18.0 Å². The number of rotatable bonds is 6. The second-order valence-corrected chi connectivity index (χ2v) is 14.4. The second-order valence-electron chi connectivity index (χ2n) is 14.0. The fourth-order valence-electron chi connectivity index (χ4n) is 7.92. The number of halogens is 6. The molecular formula is C36H38ClF5N8O3. The number of carbonyl (C=O) groups is 1. The summed E-state index contributed by atoms with van der Waals surface area (Å²) in [6.45, 7) is 3.75. The molecule has 2 saturated heterocycles. The molecule has 2 N–H and O–H groups in total. The predicted octanol–water partition coefficient (Wildman–Crippen LogP) is 5.83. The number of benzene rings is 1. The van der Waals surface area contributed by atoms with Gasteiger partial charge < -0.3 is 25.0 Å². The molecule has 0 radical (unpaired) electrons. The van der Waals surface area contributed by atoms with Crippen molar-refractivity contribution in [2.24, 2.45) is 0 Å². The summed E-state index contributed by atoms with van der Waals surface area (Å²) in [6, 6.07) is 0.945. The summed E-state index contributed by atoms with van der Waals surface area (Å²) in [4.78, 5) is 27.9. The molecule has 0 spiro atoms. The van der Waals surface area contributed by atoms with E-state index in [1.807, 2.05) is 4.90 Å². The third-order valence-electron chi connectivity index (χ3n) is 10.4. The zero-order valence-corrected chi connectivity index (χ0v) is 30.2. The summed E-state index contributed by atoms with van der Waals surface area (Å²) in [5, 5.41) is 4.71. The predicted molar refractivity (Wildman–Crippen MR) is 185 cm³/mol. The lowest BCUT2D eigenvalue weighted by Gasteiger charge is -2.33. The van der Waals surface area contributed by atoms with Gasteiger partial charge in [-0.05, 0) is 56.4 Å². The highest BCUT2D eigenvalue weighted by molar-refractivity contribution is 6.34. The van der Waals surface area contributed by atoms with Crippen molar-refractivity contribution in [2.45, 2.75) is 76.5 Å². The Morgan fingerprint density at radius 1 is 1.23 bits per heavy atom. The van der Waals surface area contributed by atoms with Crippen LogP contribution in [0.4, 0.5) is 33.5 Å². The van der Waals surface area contributed by atoms with Crippen LogP contribution < -0.4 is 15.4 Å². The molecule has 0 unspecified atom stereocenters. The minimum Gasteiger partial charge on any atom is -0.461 e. The molecule has 2 aromatic heterocycles. The fourth-order valence-corrected chi connectivity index (χ4v) is 8.20. The Morgan fingerprint density at radius 3 is 2.74 bits per heavy atom. The molecule has 2 fully saturated rings. The number of amides is 1. The standard InChI is InChI=1S/C36H38ClF5N8O3/c1-4-7-21-28(36(40,41)42)22(12-24(43)30(21)39)27-13-25-23(18-52-27)32(45-34(44-25)53-19-35-8-5-10-49(35)16-20(14-35)15-38)48-9-6-11-50-26(17-48)29(37)31(46-50)33(51)47(2)3/h12,15,27H,5-6,8-11,13-14,16-19,43H2,1-3H3/b20-15-/t27-,35-/m0/s1. The first-order chi connectivity index (χ1) is 25.2. The van der Waals surface area contributed by atoms with Crippen LogP contribution in [0.3, 0.4) is 0 Å². The average Bonchev–Trinajstić information content (AvgIpc) is 3.71. The van der Waals surface area contributed by atoms with Gasteiger partial charge in [0.1, 0.15) is 12.4 Å². The number of hydrogen-bond acceptors (Lipinski definition) is 9. The SMILES string of the molecule is CC#Cc1c(F)c(N)cc([C@@H]2Cc3nc(OC[C@@]45CCCN4C/C(=C\F)C5)nc(N4CCCn5nc(C(=O)N(C)C)c(Cl)c5C4)c3CO2)c1C(F)(F)F. The van der Waals surface area contributed by atoms with Crippen LogP contribution in [0.2, 0.25) is 5.02 Å². The van der Waals surface area contributed by atoms with E-state index in [4.69, 9.17) is 36.8 Å². The first-order valence-corrected chi connectivity index (χ1v) is 17.6. The number of nitrogens with zero attached hydrogens (tertiary/aromatic N) is 7. The van der Waals surface area contributed by atoms with Crippen molar-refractivity contribution in [1.29, 1.82) is 0 Å². The Bertz CT molecular complexity index is 2060. The maximum Gasteiger partial charge on any atom is 0.418 e. The van der Waals surface area contributed by atoms with Crippen molar-refractivity contribution < 1.29 is 36.2 Å². The van der Waals surface area contributed by atoms with Crippen LogP contribution in [0, 0.1) is 17.7 Å². The molecular weight excluding hydrogens is 723 g/mol. The molecule has 1 amide bonds. The lowest BCUT2D eigenvalue weighted by Crippen LogP contribution is -2.43. The summed E-state index contributed by atoms with van der Waals surface area (Å²) in [7, 11) is 3.22. The van der Waals surface area contributed by atoms with E-state index in [1.54, 1.807) is 18.8 Å². The van der Waals surface area contributed by atoms with E-state index in [1.165, 1.54) is 11.8 Å². The Labute approximate surface area is 307 Å². The van der Waals surface area contributed by atoms with Gasteiger partial charge in [0.05, 0.1) is 64.3 Å². The molecule has 1 aromatic carbocycles. The summed E-state index contributed by atoms with van der Waals surface area (Å²) in [5.41, 5.74) is 4.80. The van der Waals surface area contributed by atoms with Gasteiger partial charge in [-0.1, -0.05) is 17.5 Å². The molecule has 4 aliphatic rings. The van der Waals surface area contributed by atoms with Gasteiger partial charge >= 0.3 is 12.2 Å². The maximum atomic E-state index is 15.0. The first-order valence-electron chi connectivity index (χ1n) is 17.3. The number of hydrogen-bond donors (Lipinski definition) is 1. The third kappa shape index (κ3) is 6.67. The van der Waals surface area contributed by atoms with E-state index in [0.717, 1.165) is 25.5 Å². The number of aryl methyl sites for hydroxylation is 1. The van der Waals surface area contributed by atoms with Gasteiger partial charge in [-0.15, -0.1) is 5.92 Å². The summed E-state index contributed by atoms with van der Waals surface area (Å²) < 4.78 is 86.6. The molecule has 7 rings (SSSR count). The first kappa shape index (κ1) is 36.9. The maximum absolute atomic E-state index is 15.0. The Kier molecular flexibility index (Phi) is 9.79. The van der Waals surface area contributed by atoms with Crippen LogP contribution in [0.5, 0.6) is 6.01 Å². The lowest BCUT2D eigenvalue weighted by molar-refractivity contribution is -0.140. The molecule has 2 atom stereocenters. The number of nitrogens with two attached hydrogens (primary N) is 1. The number of alkyl halides is 3. The van der Waals surface area contributed by atoms with Crippen LogP contribution in [0.1, 0.15) is 82.8 Å². The highest BCUT2D eigenvalue weighted by atomic mass is 35.5. The minimum atomic E-state index is -4.97. The van der Waals surface area contributed by atoms with Gasteiger partial charge in [0.15, 0.2) is 11.5 Å². The minimum absolute atomic E-state index is 0.00201. The summed E-state index contributed by atoms with van der Waals surface area (Å²) in [5.74, 6) is 3.44. The van der Waals surface area contributed by atoms with Crippen LogP contribution in [-0.4, -0.2) is 81.3 Å². The molecule has 11 nitrogen and oxygen atoms in total.